The number of aromatic nitrogens is 6. The highest BCUT2D eigenvalue weighted by molar-refractivity contribution is 5.69. The van der Waals surface area contributed by atoms with Crippen molar-refractivity contribution in [2.24, 2.45) is 0 Å². The summed E-state index contributed by atoms with van der Waals surface area (Å²) in [5.41, 5.74) is 1.23. The smallest absolute Gasteiger partial charge is 0.265 e. The number of nitriles is 1. The molecular weight excluding hydrogens is 601 g/mol. The zero-order valence-corrected chi connectivity index (χ0v) is 25.2. The summed E-state index contributed by atoms with van der Waals surface area (Å²) < 4.78 is 56.7. The Morgan fingerprint density at radius 3 is 2.52 bits per heavy atom. The van der Waals surface area contributed by atoms with Crippen LogP contribution in [0.5, 0.6) is 5.75 Å². The number of alkyl halides is 2. The summed E-state index contributed by atoms with van der Waals surface area (Å²) in [6.07, 6.45) is 2.82. The van der Waals surface area contributed by atoms with Crippen molar-refractivity contribution < 1.29 is 22.6 Å². The molecule has 0 bridgehead atoms. The van der Waals surface area contributed by atoms with E-state index in [0.717, 1.165) is 57.9 Å². The zero-order valence-electron chi connectivity index (χ0n) is 25.2. The van der Waals surface area contributed by atoms with Crippen molar-refractivity contribution in [1.29, 1.82) is 5.26 Å². The fourth-order valence-electron chi connectivity index (χ4n) is 5.87. The van der Waals surface area contributed by atoms with Crippen molar-refractivity contribution in [3.8, 4) is 22.9 Å². The van der Waals surface area contributed by atoms with Crippen molar-refractivity contribution >= 4 is 17.3 Å². The van der Waals surface area contributed by atoms with E-state index in [1.54, 1.807) is 13.0 Å². The maximum Gasteiger partial charge on any atom is 0.265 e. The number of rotatable bonds is 10. The largest absolute Gasteiger partial charge is 0.484 e. The molecule has 46 heavy (non-hydrogen) atoms. The quantitative estimate of drug-likeness (QED) is 0.263. The van der Waals surface area contributed by atoms with Crippen molar-refractivity contribution in [1.82, 2.24) is 35.1 Å². The molecule has 6 rings (SSSR count). The van der Waals surface area contributed by atoms with Gasteiger partial charge in [-0.1, -0.05) is 0 Å². The van der Waals surface area contributed by atoms with E-state index in [1.165, 1.54) is 41.6 Å². The molecule has 0 spiro atoms. The van der Waals surface area contributed by atoms with Gasteiger partial charge in [-0.3, -0.25) is 4.90 Å². The summed E-state index contributed by atoms with van der Waals surface area (Å²) in [7, 11) is 0. The first-order valence-electron chi connectivity index (χ1n) is 15.1. The summed E-state index contributed by atoms with van der Waals surface area (Å²) in [4.78, 5) is 13.1. The fourth-order valence-corrected chi connectivity index (χ4v) is 5.87. The molecule has 0 aliphatic carbocycles. The van der Waals surface area contributed by atoms with Gasteiger partial charge in [0, 0.05) is 72.7 Å². The predicted molar refractivity (Wildman–Crippen MR) is 162 cm³/mol. The standard InChI is InChI=1S/C31H33F3N10O2/c1-20(18-44-19-38-40-41-44)46-29-21(15-35)2-4-25(28(29)32)22-16-36-31(37-17-22)39-27-5-3-24(14-26(27)30(33)34)42-8-6-23(7-9-42)43-10-12-45-13-11-43/h2-5,14,16-17,19-20,23,30H,6-13,18H2,1H3,(H,36,37,39)/t20-/m0/s1. The van der Waals surface area contributed by atoms with Crippen molar-refractivity contribution in [3.63, 3.8) is 0 Å². The first kappa shape index (κ1) is 31.2. The van der Waals surface area contributed by atoms with Crippen LogP contribution < -0.4 is 15.0 Å². The van der Waals surface area contributed by atoms with Crippen LogP contribution in [0.4, 0.5) is 30.5 Å². The van der Waals surface area contributed by atoms with E-state index in [4.69, 9.17) is 9.47 Å². The SMILES string of the molecule is C[C@@H](Cn1cnnn1)Oc1c(C#N)ccc(-c2cnc(Nc3ccc(N4CCC(N5CCOCC5)CC4)cc3C(F)F)nc2)c1F. The van der Waals surface area contributed by atoms with Gasteiger partial charge in [-0.25, -0.2) is 27.8 Å². The first-order chi connectivity index (χ1) is 22.4. The van der Waals surface area contributed by atoms with Crippen molar-refractivity contribution in [3.05, 3.63) is 66.0 Å². The second-order valence-corrected chi connectivity index (χ2v) is 11.2. The number of halogens is 3. The number of piperidine rings is 1. The number of anilines is 3. The van der Waals surface area contributed by atoms with E-state index >= 15 is 4.39 Å². The molecular formula is C31H33F3N10O2. The Balaban J connectivity index is 1.14. The lowest BCUT2D eigenvalue weighted by atomic mass is 10.0. The minimum atomic E-state index is -2.72. The Morgan fingerprint density at radius 1 is 1.09 bits per heavy atom. The summed E-state index contributed by atoms with van der Waals surface area (Å²) >= 11 is 0. The van der Waals surface area contributed by atoms with Gasteiger partial charge < -0.3 is 19.7 Å². The number of nitrogens with one attached hydrogen (secondary N) is 1. The number of hydrogen-bond donors (Lipinski definition) is 1. The lowest BCUT2D eigenvalue weighted by molar-refractivity contribution is 0.0115. The maximum absolute atomic E-state index is 15.7. The van der Waals surface area contributed by atoms with E-state index in [9.17, 15) is 14.0 Å². The second kappa shape index (κ2) is 14.1. The van der Waals surface area contributed by atoms with Crippen LogP contribution in [0.25, 0.3) is 11.1 Å². The number of tetrazole rings is 1. The van der Waals surface area contributed by atoms with Crippen LogP contribution in [0, 0.1) is 17.1 Å². The molecule has 1 N–H and O–H groups in total. The Kier molecular flexibility index (Phi) is 9.55. The van der Waals surface area contributed by atoms with Gasteiger partial charge in [-0.2, -0.15) is 5.26 Å². The number of benzene rings is 2. The summed E-state index contributed by atoms with van der Waals surface area (Å²) in [5.74, 6) is -0.892. The Hall–Kier alpha value is -4.81. The van der Waals surface area contributed by atoms with Crippen LogP contribution >= 0.6 is 0 Å². The van der Waals surface area contributed by atoms with Crippen LogP contribution in [-0.2, 0) is 11.3 Å². The Morgan fingerprint density at radius 2 is 1.85 bits per heavy atom. The Labute approximate surface area is 263 Å². The van der Waals surface area contributed by atoms with Crippen LogP contribution in [0.3, 0.4) is 0 Å². The molecule has 4 heterocycles. The van der Waals surface area contributed by atoms with E-state index in [-0.39, 0.29) is 40.6 Å². The van der Waals surface area contributed by atoms with E-state index in [0.29, 0.717) is 11.6 Å². The number of hydrogen-bond acceptors (Lipinski definition) is 11. The molecule has 1 atom stereocenters. The third kappa shape index (κ3) is 7.03. The molecule has 15 heteroatoms. The number of nitrogens with zero attached hydrogens (tertiary/aromatic N) is 9. The monoisotopic (exact) mass is 634 g/mol. The predicted octanol–water partition coefficient (Wildman–Crippen LogP) is 4.59. The highest BCUT2D eigenvalue weighted by Gasteiger charge is 2.27. The van der Waals surface area contributed by atoms with Crippen molar-refractivity contribution in [2.45, 2.75) is 44.9 Å². The summed E-state index contributed by atoms with van der Waals surface area (Å²) in [6.45, 7) is 6.90. The van der Waals surface area contributed by atoms with Gasteiger partial charge in [-0.15, -0.1) is 5.10 Å². The van der Waals surface area contributed by atoms with Crippen LogP contribution in [0.15, 0.2) is 49.1 Å². The molecule has 0 amide bonds. The third-order valence-corrected chi connectivity index (χ3v) is 8.24. The van der Waals surface area contributed by atoms with Gasteiger partial charge in [0.25, 0.3) is 6.43 Å². The maximum atomic E-state index is 15.7. The molecule has 0 unspecified atom stereocenters. The summed E-state index contributed by atoms with van der Waals surface area (Å²) in [6, 6.07) is 10.3. The average Bonchev–Trinajstić information content (AvgIpc) is 3.59. The molecule has 240 valence electrons. The summed E-state index contributed by atoms with van der Waals surface area (Å²) in [5, 5.41) is 23.3. The van der Waals surface area contributed by atoms with Crippen LogP contribution in [0.1, 0.15) is 37.3 Å². The molecule has 2 aromatic heterocycles. The number of morpholine rings is 1. The Bertz CT molecular complexity index is 1650. The van der Waals surface area contributed by atoms with E-state index in [1.807, 2.05) is 12.1 Å². The molecule has 2 fully saturated rings. The second-order valence-electron chi connectivity index (χ2n) is 11.2. The third-order valence-electron chi connectivity index (χ3n) is 8.24. The normalized spacial score (nSPS) is 16.7. The van der Waals surface area contributed by atoms with Gasteiger partial charge >= 0.3 is 0 Å². The minimum absolute atomic E-state index is 0.0217. The van der Waals surface area contributed by atoms with Gasteiger partial charge in [0.05, 0.1) is 25.3 Å². The lowest BCUT2D eigenvalue weighted by Crippen LogP contribution is -2.49. The first-order valence-corrected chi connectivity index (χ1v) is 15.1. The molecule has 0 radical (unpaired) electrons. The van der Waals surface area contributed by atoms with Gasteiger partial charge in [0.2, 0.25) is 5.95 Å². The van der Waals surface area contributed by atoms with E-state index < -0.39 is 18.3 Å². The molecule has 2 saturated heterocycles. The van der Waals surface area contributed by atoms with Gasteiger partial charge in [0.1, 0.15) is 18.5 Å². The zero-order chi connectivity index (χ0) is 32.0. The fraction of sp³-hybridized carbons (Fsp3) is 0.419. The molecule has 4 aromatic rings. The average molecular weight is 635 g/mol. The molecule has 0 saturated carbocycles. The van der Waals surface area contributed by atoms with Crippen LogP contribution in [-0.4, -0.2) is 86.6 Å². The molecule has 2 aliphatic heterocycles. The molecule has 2 aromatic carbocycles. The minimum Gasteiger partial charge on any atom is -0.484 e. The molecule has 12 nitrogen and oxygen atoms in total. The van der Waals surface area contributed by atoms with Gasteiger partial charge in [-0.05, 0) is 60.5 Å². The van der Waals surface area contributed by atoms with Crippen molar-refractivity contribution in [2.75, 3.05) is 49.6 Å². The van der Waals surface area contributed by atoms with Crippen LogP contribution in [0.2, 0.25) is 0 Å². The van der Waals surface area contributed by atoms with Gasteiger partial charge in [0.15, 0.2) is 11.6 Å². The number of ether oxygens (including phenoxy) is 2. The topological polar surface area (TPSA) is 130 Å². The highest BCUT2D eigenvalue weighted by atomic mass is 19.3. The van der Waals surface area contributed by atoms with E-state index in [2.05, 4.69) is 40.6 Å². The highest BCUT2D eigenvalue weighted by Crippen LogP contribution is 2.35. The molecule has 2 aliphatic rings. The lowest BCUT2D eigenvalue weighted by Gasteiger charge is -2.41.